The van der Waals surface area contributed by atoms with Gasteiger partial charge in [0.15, 0.2) is 5.78 Å². The summed E-state index contributed by atoms with van der Waals surface area (Å²) < 4.78 is 13.7. The molecule has 0 fully saturated rings. The van der Waals surface area contributed by atoms with Crippen LogP contribution in [-0.2, 0) is 17.6 Å². The summed E-state index contributed by atoms with van der Waals surface area (Å²) in [6, 6.07) is 11.7. The largest absolute Gasteiger partial charge is 0.312 e. The Kier molecular flexibility index (Phi) is 3.75. The van der Waals surface area contributed by atoms with Gasteiger partial charge < -0.3 is 4.90 Å². The van der Waals surface area contributed by atoms with Gasteiger partial charge in [0, 0.05) is 17.8 Å². The van der Waals surface area contributed by atoms with E-state index in [4.69, 9.17) is 0 Å². The smallest absolute Gasteiger partial charge is 0.231 e. The highest BCUT2D eigenvalue weighted by Crippen LogP contribution is 2.29. The number of nitrogens with zero attached hydrogens (tertiary/aromatic N) is 1. The van der Waals surface area contributed by atoms with Gasteiger partial charge in [0.25, 0.3) is 0 Å². The monoisotopic (exact) mass is 297 g/mol. The van der Waals surface area contributed by atoms with Crippen LogP contribution in [0.1, 0.15) is 28.4 Å². The number of hydrogen-bond acceptors (Lipinski definition) is 2. The number of halogens is 1. The number of rotatable bonds is 3. The molecule has 0 unspecified atom stereocenters. The lowest BCUT2D eigenvalue weighted by atomic mass is 10.1. The van der Waals surface area contributed by atoms with Gasteiger partial charge in [-0.05, 0) is 48.7 Å². The molecule has 0 radical (unpaired) electrons. The highest BCUT2D eigenvalue weighted by Gasteiger charge is 2.25. The number of carbonyl (C=O) groups is 2. The van der Waals surface area contributed by atoms with E-state index in [1.807, 2.05) is 6.07 Å². The average molecular weight is 297 g/mol. The molecule has 3 rings (SSSR count). The zero-order chi connectivity index (χ0) is 15.7. The van der Waals surface area contributed by atoms with E-state index in [2.05, 4.69) is 0 Å². The first-order valence-corrected chi connectivity index (χ1v) is 7.24. The number of carbonyl (C=O) groups excluding carboxylic acids is 2. The van der Waals surface area contributed by atoms with Crippen LogP contribution in [0.25, 0.3) is 0 Å². The lowest BCUT2D eigenvalue weighted by molar-refractivity contribution is -0.117. The van der Waals surface area contributed by atoms with Crippen LogP contribution >= 0.6 is 0 Å². The number of fused-ring (bicyclic) bond motifs is 1. The SMILES string of the molecule is CC(=O)c1ccc2c(c1)CCN2C(=O)Cc1ccccc1F. The van der Waals surface area contributed by atoms with E-state index in [1.165, 1.54) is 13.0 Å². The summed E-state index contributed by atoms with van der Waals surface area (Å²) >= 11 is 0. The minimum Gasteiger partial charge on any atom is -0.312 e. The first-order valence-electron chi connectivity index (χ1n) is 7.24. The highest BCUT2D eigenvalue weighted by molar-refractivity contribution is 5.99. The predicted octanol–water partition coefficient (Wildman–Crippen LogP) is 3.16. The fraction of sp³-hybridized carbons (Fsp3) is 0.222. The summed E-state index contributed by atoms with van der Waals surface area (Å²) in [6.45, 7) is 2.10. The molecule has 1 aliphatic heterocycles. The summed E-state index contributed by atoms with van der Waals surface area (Å²) in [4.78, 5) is 25.5. The van der Waals surface area contributed by atoms with Crippen molar-refractivity contribution in [3.8, 4) is 0 Å². The zero-order valence-electron chi connectivity index (χ0n) is 12.3. The predicted molar refractivity (Wildman–Crippen MR) is 82.6 cm³/mol. The normalized spacial score (nSPS) is 13.1. The second-order valence-corrected chi connectivity index (χ2v) is 5.46. The van der Waals surface area contributed by atoms with Gasteiger partial charge in [0.05, 0.1) is 6.42 Å². The van der Waals surface area contributed by atoms with Gasteiger partial charge >= 0.3 is 0 Å². The van der Waals surface area contributed by atoms with Gasteiger partial charge in [-0.15, -0.1) is 0 Å². The van der Waals surface area contributed by atoms with E-state index in [1.54, 1.807) is 35.2 Å². The maximum atomic E-state index is 13.7. The third-order valence-corrected chi connectivity index (χ3v) is 3.98. The molecule has 0 aromatic heterocycles. The van der Waals surface area contributed by atoms with Crippen molar-refractivity contribution in [2.24, 2.45) is 0 Å². The standard InChI is InChI=1S/C18H16FNO2/c1-12(21)13-6-7-17-15(10-13)8-9-20(17)18(22)11-14-4-2-3-5-16(14)19/h2-7,10H,8-9,11H2,1H3. The van der Waals surface area contributed by atoms with Gasteiger partial charge in [-0.3, -0.25) is 9.59 Å². The Balaban J connectivity index is 1.82. The Bertz CT molecular complexity index is 755. The first-order chi connectivity index (χ1) is 10.6. The Labute approximate surface area is 128 Å². The first kappa shape index (κ1) is 14.4. The fourth-order valence-corrected chi connectivity index (χ4v) is 2.78. The minimum atomic E-state index is -0.359. The number of hydrogen-bond donors (Lipinski definition) is 0. The van der Waals surface area contributed by atoms with Gasteiger partial charge in [-0.1, -0.05) is 18.2 Å². The van der Waals surface area contributed by atoms with Crippen molar-refractivity contribution in [1.82, 2.24) is 0 Å². The van der Waals surface area contributed by atoms with E-state index in [-0.39, 0.29) is 23.9 Å². The molecule has 22 heavy (non-hydrogen) atoms. The van der Waals surface area contributed by atoms with E-state index < -0.39 is 0 Å². The minimum absolute atomic E-state index is 0.0129. The lowest BCUT2D eigenvalue weighted by Crippen LogP contribution is -2.30. The second kappa shape index (κ2) is 5.72. The molecule has 0 N–H and O–H groups in total. The van der Waals surface area contributed by atoms with E-state index >= 15 is 0 Å². The molecule has 1 heterocycles. The van der Waals surface area contributed by atoms with E-state index in [9.17, 15) is 14.0 Å². The van der Waals surface area contributed by atoms with Crippen LogP contribution < -0.4 is 4.90 Å². The van der Waals surface area contributed by atoms with Crippen molar-refractivity contribution in [3.63, 3.8) is 0 Å². The summed E-state index contributed by atoms with van der Waals surface area (Å²) in [5, 5.41) is 0. The summed E-state index contributed by atoms with van der Waals surface area (Å²) in [6.07, 6.45) is 0.764. The van der Waals surface area contributed by atoms with Crippen molar-refractivity contribution in [3.05, 3.63) is 65.0 Å². The van der Waals surface area contributed by atoms with Crippen LogP contribution in [0.5, 0.6) is 0 Å². The molecule has 4 heteroatoms. The topological polar surface area (TPSA) is 37.4 Å². The molecule has 1 aliphatic rings. The number of ketones is 1. The number of Topliss-reactive ketones (excluding diaryl/α,β-unsaturated/α-hetero) is 1. The van der Waals surface area contributed by atoms with Gasteiger partial charge in [0.1, 0.15) is 5.82 Å². The van der Waals surface area contributed by atoms with Gasteiger partial charge in [0.2, 0.25) is 5.91 Å². The maximum absolute atomic E-state index is 13.7. The van der Waals surface area contributed by atoms with Crippen LogP contribution in [0.2, 0.25) is 0 Å². The molecular weight excluding hydrogens is 281 g/mol. The molecule has 112 valence electrons. The van der Waals surface area contributed by atoms with Crippen LogP contribution in [0.15, 0.2) is 42.5 Å². The van der Waals surface area contributed by atoms with Crippen LogP contribution in [-0.4, -0.2) is 18.2 Å². The van der Waals surface area contributed by atoms with Crippen molar-refractivity contribution in [1.29, 1.82) is 0 Å². The van der Waals surface area contributed by atoms with Crippen LogP contribution in [0.3, 0.4) is 0 Å². The van der Waals surface area contributed by atoms with Crippen molar-refractivity contribution >= 4 is 17.4 Å². The van der Waals surface area contributed by atoms with Crippen molar-refractivity contribution in [2.45, 2.75) is 19.8 Å². The molecule has 1 amide bonds. The van der Waals surface area contributed by atoms with Gasteiger partial charge in [-0.25, -0.2) is 4.39 Å². The molecule has 0 bridgehead atoms. The number of anilines is 1. The molecule has 2 aromatic rings. The molecule has 0 saturated heterocycles. The van der Waals surface area contributed by atoms with Crippen molar-refractivity contribution < 1.29 is 14.0 Å². The summed E-state index contributed by atoms with van der Waals surface area (Å²) in [5.41, 5.74) is 2.88. The average Bonchev–Trinajstić information content (AvgIpc) is 2.92. The van der Waals surface area contributed by atoms with Gasteiger partial charge in [-0.2, -0.15) is 0 Å². The Morgan fingerprint density at radius 1 is 1.18 bits per heavy atom. The second-order valence-electron chi connectivity index (χ2n) is 5.46. The van der Waals surface area contributed by atoms with E-state index in [0.29, 0.717) is 17.7 Å². The highest BCUT2D eigenvalue weighted by atomic mass is 19.1. The van der Waals surface area contributed by atoms with Crippen molar-refractivity contribution in [2.75, 3.05) is 11.4 Å². The Morgan fingerprint density at radius 2 is 1.95 bits per heavy atom. The summed E-state index contributed by atoms with van der Waals surface area (Å²) in [5.74, 6) is -0.472. The summed E-state index contributed by atoms with van der Waals surface area (Å²) in [7, 11) is 0. The quantitative estimate of drug-likeness (QED) is 0.816. The Hall–Kier alpha value is -2.49. The van der Waals surface area contributed by atoms with Crippen LogP contribution in [0, 0.1) is 5.82 Å². The molecule has 2 aromatic carbocycles. The van der Waals surface area contributed by atoms with E-state index in [0.717, 1.165) is 17.7 Å². The zero-order valence-corrected chi connectivity index (χ0v) is 12.3. The maximum Gasteiger partial charge on any atom is 0.231 e. The number of benzene rings is 2. The third kappa shape index (κ3) is 2.64. The Morgan fingerprint density at radius 3 is 2.68 bits per heavy atom. The third-order valence-electron chi connectivity index (χ3n) is 3.98. The fourth-order valence-electron chi connectivity index (χ4n) is 2.78. The van der Waals surface area contributed by atoms with Crippen LogP contribution in [0.4, 0.5) is 10.1 Å². The lowest BCUT2D eigenvalue weighted by Gasteiger charge is -2.17. The number of amides is 1. The molecule has 0 aliphatic carbocycles. The molecule has 3 nitrogen and oxygen atoms in total. The molecular formula is C18H16FNO2. The molecule has 0 saturated carbocycles. The molecule has 0 atom stereocenters. The molecule has 0 spiro atoms.